The summed E-state index contributed by atoms with van der Waals surface area (Å²) in [5.41, 5.74) is 0. The zero-order valence-electron chi connectivity index (χ0n) is 24.8. The van der Waals surface area contributed by atoms with Crippen LogP contribution in [0.3, 0.4) is 0 Å². The molecule has 0 aliphatic carbocycles. The van der Waals surface area contributed by atoms with Crippen LogP contribution in [0.1, 0.15) is 181 Å². The molecule has 0 aromatic carbocycles. The highest BCUT2D eigenvalue weighted by Crippen LogP contribution is 2.16. The zero-order valence-corrected chi connectivity index (χ0v) is 24.8. The van der Waals surface area contributed by atoms with Gasteiger partial charge < -0.3 is 9.84 Å². The van der Waals surface area contributed by atoms with Gasteiger partial charge >= 0.3 is 11.9 Å². The lowest BCUT2D eigenvalue weighted by Gasteiger charge is -2.16. The van der Waals surface area contributed by atoms with Crippen molar-refractivity contribution in [1.82, 2.24) is 0 Å². The Morgan fingerprint density at radius 1 is 0.595 bits per heavy atom. The number of esters is 1. The first-order valence-electron chi connectivity index (χ1n) is 16.2. The predicted molar refractivity (Wildman–Crippen MR) is 158 cm³/mol. The summed E-state index contributed by atoms with van der Waals surface area (Å²) in [7, 11) is 0. The van der Waals surface area contributed by atoms with E-state index in [0.717, 1.165) is 38.5 Å². The number of aliphatic carboxylic acids is 1. The second-order valence-corrected chi connectivity index (χ2v) is 11.0. The van der Waals surface area contributed by atoms with Gasteiger partial charge in [0.25, 0.3) is 0 Å². The topological polar surface area (TPSA) is 63.6 Å². The van der Waals surface area contributed by atoms with Crippen LogP contribution in [-0.2, 0) is 14.3 Å². The summed E-state index contributed by atoms with van der Waals surface area (Å²) >= 11 is 0. The van der Waals surface area contributed by atoms with Gasteiger partial charge in [-0.25, -0.2) is 0 Å². The molecular formula is C33H62O4. The van der Waals surface area contributed by atoms with E-state index in [1.165, 1.54) is 109 Å². The summed E-state index contributed by atoms with van der Waals surface area (Å²) in [6.07, 6.45) is 33.6. The van der Waals surface area contributed by atoms with Gasteiger partial charge in [-0.15, -0.1) is 0 Å². The summed E-state index contributed by atoms with van der Waals surface area (Å²) in [6, 6.07) is 0. The minimum absolute atomic E-state index is 0.0735. The lowest BCUT2D eigenvalue weighted by molar-refractivity contribution is -0.153. The largest absolute Gasteiger partial charge is 0.481 e. The Kier molecular flexibility index (Phi) is 28.2. The van der Waals surface area contributed by atoms with Crippen molar-refractivity contribution in [3.8, 4) is 0 Å². The summed E-state index contributed by atoms with van der Waals surface area (Å²) in [4.78, 5) is 23.4. The number of carbonyl (C=O) groups excluding carboxylic acids is 1. The van der Waals surface area contributed by atoms with Crippen LogP contribution in [0.5, 0.6) is 0 Å². The molecule has 0 rings (SSSR count). The van der Waals surface area contributed by atoms with Crippen molar-refractivity contribution in [2.75, 3.05) is 0 Å². The fourth-order valence-electron chi connectivity index (χ4n) is 4.84. The second kappa shape index (κ2) is 29.2. The molecule has 0 aromatic rings. The highest BCUT2D eigenvalue weighted by Gasteiger charge is 2.17. The normalized spacial score (nSPS) is 12.3. The standard InChI is InChI=1S/C33H62O4/c1-3-5-7-9-11-13-15-17-19-21-23-25-27-29-33(36)37-31(30-32(34)35)28-26-24-22-20-18-16-14-12-10-8-6-4-2/h13,15,31H,3-12,14,16-30H2,1-2H3,(H,34,35)/b15-13-. The van der Waals surface area contributed by atoms with Crippen LogP contribution in [0.25, 0.3) is 0 Å². The van der Waals surface area contributed by atoms with Crippen LogP contribution in [0, 0.1) is 0 Å². The number of carboxylic acid groups (broad SMARTS) is 1. The fraction of sp³-hybridized carbons (Fsp3) is 0.879. The van der Waals surface area contributed by atoms with Crippen LogP contribution in [0.4, 0.5) is 0 Å². The predicted octanol–water partition coefficient (Wildman–Crippen LogP) is 10.7. The molecule has 0 radical (unpaired) electrons. The summed E-state index contributed by atoms with van der Waals surface area (Å²) in [5.74, 6) is -1.11. The highest BCUT2D eigenvalue weighted by atomic mass is 16.5. The Labute approximate surface area is 230 Å². The lowest BCUT2D eigenvalue weighted by atomic mass is 10.0. The van der Waals surface area contributed by atoms with Crippen molar-refractivity contribution in [2.45, 2.75) is 187 Å². The molecule has 4 nitrogen and oxygen atoms in total. The molecule has 218 valence electrons. The molecule has 1 N–H and O–H groups in total. The Bertz CT molecular complexity index is 528. The molecule has 0 fully saturated rings. The first kappa shape index (κ1) is 35.7. The van der Waals surface area contributed by atoms with Crippen LogP contribution < -0.4 is 0 Å². The van der Waals surface area contributed by atoms with Gasteiger partial charge in [0.05, 0.1) is 6.42 Å². The van der Waals surface area contributed by atoms with Gasteiger partial charge in [0.1, 0.15) is 6.10 Å². The lowest BCUT2D eigenvalue weighted by Crippen LogP contribution is -2.21. The maximum absolute atomic E-state index is 12.2. The van der Waals surface area contributed by atoms with Crippen molar-refractivity contribution in [2.24, 2.45) is 0 Å². The van der Waals surface area contributed by atoms with E-state index in [1.54, 1.807) is 0 Å². The molecule has 1 unspecified atom stereocenters. The van der Waals surface area contributed by atoms with E-state index in [9.17, 15) is 14.7 Å². The van der Waals surface area contributed by atoms with E-state index in [1.807, 2.05) is 0 Å². The molecule has 1 atom stereocenters. The van der Waals surface area contributed by atoms with E-state index < -0.39 is 12.1 Å². The van der Waals surface area contributed by atoms with Crippen LogP contribution in [0.15, 0.2) is 12.2 Å². The molecular weight excluding hydrogens is 460 g/mol. The quantitative estimate of drug-likeness (QED) is 0.0602. The Morgan fingerprint density at radius 3 is 1.49 bits per heavy atom. The zero-order chi connectivity index (χ0) is 27.2. The van der Waals surface area contributed by atoms with Gasteiger partial charge in [-0.2, -0.15) is 0 Å². The Balaban J connectivity index is 3.70. The molecule has 0 aliphatic heterocycles. The van der Waals surface area contributed by atoms with Crippen molar-refractivity contribution in [3.05, 3.63) is 12.2 Å². The first-order valence-corrected chi connectivity index (χ1v) is 16.2. The summed E-state index contributed by atoms with van der Waals surface area (Å²) < 4.78 is 5.54. The van der Waals surface area contributed by atoms with E-state index in [-0.39, 0.29) is 12.4 Å². The molecule has 0 spiro atoms. The van der Waals surface area contributed by atoms with Gasteiger partial charge in [0, 0.05) is 6.42 Å². The van der Waals surface area contributed by atoms with Crippen molar-refractivity contribution in [3.63, 3.8) is 0 Å². The molecule has 0 aliphatic rings. The maximum Gasteiger partial charge on any atom is 0.307 e. The van der Waals surface area contributed by atoms with Gasteiger partial charge in [-0.3, -0.25) is 9.59 Å². The Hall–Kier alpha value is -1.32. The number of unbranched alkanes of at least 4 members (excludes halogenated alkanes) is 20. The third kappa shape index (κ3) is 29.1. The molecule has 0 aromatic heterocycles. The van der Waals surface area contributed by atoms with Crippen LogP contribution in [0.2, 0.25) is 0 Å². The van der Waals surface area contributed by atoms with Gasteiger partial charge in [0.15, 0.2) is 0 Å². The van der Waals surface area contributed by atoms with Crippen molar-refractivity contribution >= 4 is 11.9 Å². The minimum atomic E-state index is -0.883. The van der Waals surface area contributed by atoms with Gasteiger partial charge in [0.2, 0.25) is 0 Å². The number of rotatable bonds is 29. The van der Waals surface area contributed by atoms with Crippen molar-refractivity contribution in [1.29, 1.82) is 0 Å². The maximum atomic E-state index is 12.2. The average molecular weight is 523 g/mol. The van der Waals surface area contributed by atoms with Gasteiger partial charge in [-0.05, 0) is 44.9 Å². The van der Waals surface area contributed by atoms with E-state index in [0.29, 0.717) is 12.8 Å². The van der Waals surface area contributed by atoms with Crippen LogP contribution >= 0.6 is 0 Å². The van der Waals surface area contributed by atoms with E-state index in [4.69, 9.17) is 4.74 Å². The fourth-order valence-corrected chi connectivity index (χ4v) is 4.84. The monoisotopic (exact) mass is 522 g/mol. The number of hydrogen-bond acceptors (Lipinski definition) is 3. The second-order valence-electron chi connectivity index (χ2n) is 11.0. The number of hydrogen-bond donors (Lipinski definition) is 1. The average Bonchev–Trinajstić information content (AvgIpc) is 2.87. The van der Waals surface area contributed by atoms with E-state index in [2.05, 4.69) is 26.0 Å². The molecule has 0 heterocycles. The third-order valence-corrected chi connectivity index (χ3v) is 7.22. The van der Waals surface area contributed by atoms with Crippen molar-refractivity contribution < 1.29 is 19.4 Å². The molecule has 0 saturated heterocycles. The van der Waals surface area contributed by atoms with Crippen LogP contribution in [-0.4, -0.2) is 23.1 Å². The SMILES string of the molecule is CCCCCC/C=C\CCCCCCCC(=O)OC(CCCCCCCCCCCCCC)CC(=O)O. The highest BCUT2D eigenvalue weighted by molar-refractivity contribution is 5.71. The molecule has 0 bridgehead atoms. The van der Waals surface area contributed by atoms with Gasteiger partial charge in [-0.1, -0.05) is 135 Å². The summed E-state index contributed by atoms with van der Waals surface area (Å²) in [5, 5.41) is 9.19. The first-order chi connectivity index (χ1) is 18.1. The number of allylic oxidation sites excluding steroid dienone is 2. The molecule has 0 amide bonds. The summed E-state index contributed by atoms with van der Waals surface area (Å²) in [6.45, 7) is 4.50. The number of carbonyl (C=O) groups is 2. The smallest absolute Gasteiger partial charge is 0.307 e. The molecule has 0 saturated carbocycles. The Morgan fingerprint density at radius 2 is 1.00 bits per heavy atom. The molecule has 37 heavy (non-hydrogen) atoms. The number of carboxylic acids is 1. The molecule has 4 heteroatoms. The number of ether oxygens (including phenoxy) is 1. The minimum Gasteiger partial charge on any atom is -0.481 e. The third-order valence-electron chi connectivity index (χ3n) is 7.22. The van der Waals surface area contributed by atoms with E-state index >= 15 is 0 Å².